The zero-order chi connectivity index (χ0) is 17.6. The molecule has 2 aromatic carbocycles. The third kappa shape index (κ3) is 4.83. The Morgan fingerprint density at radius 3 is 2.56 bits per heavy atom. The Balaban J connectivity index is 1.58. The van der Waals surface area contributed by atoms with Gasteiger partial charge in [-0.25, -0.2) is 0 Å². The van der Waals surface area contributed by atoms with Gasteiger partial charge >= 0.3 is 0 Å². The first-order chi connectivity index (χ1) is 12.1. The second-order valence-electron chi connectivity index (χ2n) is 6.38. The molecule has 2 N–H and O–H groups in total. The molecule has 0 aliphatic heterocycles. The van der Waals surface area contributed by atoms with Crippen molar-refractivity contribution in [2.75, 3.05) is 30.4 Å². The Morgan fingerprint density at radius 1 is 1.08 bits per heavy atom. The fourth-order valence-electron chi connectivity index (χ4n) is 2.55. The number of rotatable bonds is 7. The molecule has 2 amide bonds. The lowest BCUT2D eigenvalue weighted by Gasteiger charge is -2.18. The highest BCUT2D eigenvalue weighted by Gasteiger charge is 2.21. The molecule has 0 radical (unpaired) electrons. The molecule has 1 fully saturated rings. The predicted molar refractivity (Wildman–Crippen MR) is 99.8 cm³/mol. The van der Waals surface area contributed by atoms with Crippen LogP contribution in [0.3, 0.4) is 0 Å². The summed E-state index contributed by atoms with van der Waals surface area (Å²) in [7, 11) is 1.75. The molecule has 1 aliphatic rings. The number of carbonyl (C=O) groups excluding carboxylic acids is 2. The molecule has 1 saturated carbocycles. The second kappa shape index (κ2) is 7.83. The highest BCUT2D eigenvalue weighted by Crippen LogP contribution is 2.27. The number of hydrogen-bond donors (Lipinski definition) is 2. The van der Waals surface area contributed by atoms with Gasteiger partial charge in [0.1, 0.15) is 0 Å². The van der Waals surface area contributed by atoms with Gasteiger partial charge < -0.3 is 15.5 Å². The van der Waals surface area contributed by atoms with Crippen molar-refractivity contribution in [2.24, 2.45) is 5.92 Å². The van der Waals surface area contributed by atoms with E-state index in [2.05, 4.69) is 10.6 Å². The number of para-hydroxylation sites is 1. The van der Waals surface area contributed by atoms with Crippen LogP contribution in [0.4, 0.5) is 11.4 Å². The van der Waals surface area contributed by atoms with Crippen molar-refractivity contribution in [3.8, 4) is 0 Å². The van der Waals surface area contributed by atoms with Crippen LogP contribution in [-0.2, 0) is 4.79 Å². The largest absolute Gasteiger partial charge is 0.376 e. The quantitative estimate of drug-likeness (QED) is 0.817. The van der Waals surface area contributed by atoms with Crippen molar-refractivity contribution in [2.45, 2.75) is 12.8 Å². The lowest BCUT2D eigenvalue weighted by Crippen LogP contribution is -2.31. The van der Waals surface area contributed by atoms with Gasteiger partial charge in [-0.05, 0) is 49.1 Å². The van der Waals surface area contributed by atoms with Crippen LogP contribution in [0.5, 0.6) is 0 Å². The molecular formula is C20H23N3O2. The van der Waals surface area contributed by atoms with Crippen LogP contribution < -0.4 is 15.5 Å². The fraction of sp³-hybridized carbons (Fsp3) is 0.300. The molecule has 0 aromatic heterocycles. The van der Waals surface area contributed by atoms with Crippen molar-refractivity contribution >= 4 is 23.2 Å². The SMILES string of the molecule is CN(C(=O)c1cccc(NCC(=O)NCC2CC2)c1)c1ccccc1. The summed E-state index contributed by atoms with van der Waals surface area (Å²) in [5.74, 6) is 0.552. The summed E-state index contributed by atoms with van der Waals surface area (Å²) in [4.78, 5) is 26.1. The molecule has 0 bridgehead atoms. The summed E-state index contributed by atoms with van der Waals surface area (Å²) in [6.07, 6.45) is 2.43. The van der Waals surface area contributed by atoms with Gasteiger partial charge in [-0.3, -0.25) is 9.59 Å². The van der Waals surface area contributed by atoms with E-state index in [0.29, 0.717) is 11.5 Å². The molecule has 5 heteroatoms. The van der Waals surface area contributed by atoms with Crippen molar-refractivity contribution in [3.05, 3.63) is 60.2 Å². The third-order valence-corrected chi connectivity index (χ3v) is 4.30. The molecule has 0 saturated heterocycles. The molecule has 3 rings (SSSR count). The highest BCUT2D eigenvalue weighted by molar-refractivity contribution is 6.06. The standard InChI is InChI=1S/C20H23N3O2/c1-23(18-8-3-2-4-9-18)20(25)16-6-5-7-17(12-16)21-14-19(24)22-13-15-10-11-15/h2-9,12,15,21H,10-11,13-14H2,1H3,(H,22,24). The first kappa shape index (κ1) is 17.0. The van der Waals surface area contributed by atoms with E-state index in [-0.39, 0.29) is 18.4 Å². The van der Waals surface area contributed by atoms with E-state index in [4.69, 9.17) is 0 Å². The molecule has 0 spiro atoms. The Hall–Kier alpha value is -2.82. The Bertz CT molecular complexity index is 742. The molecular weight excluding hydrogens is 314 g/mol. The van der Waals surface area contributed by atoms with Crippen LogP contribution in [0.1, 0.15) is 23.2 Å². The molecule has 130 valence electrons. The highest BCUT2D eigenvalue weighted by atomic mass is 16.2. The zero-order valence-electron chi connectivity index (χ0n) is 14.4. The summed E-state index contributed by atoms with van der Waals surface area (Å²) in [6, 6.07) is 16.7. The maximum atomic E-state index is 12.6. The van der Waals surface area contributed by atoms with Crippen LogP contribution in [0.15, 0.2) is 54.6 Å². The Kier molecular flexibility index (Phi) is 5.33. The van der Waals surface area contributed by atoms with Gasteiger partial charge in [0.2, 0.25) is 5.91 Å². The third-order valence-electron chi connectivity index (χ3n) is 4.30. The lowest BCUT2D eigenvalue weighted by molar-refractivity contribution is -0.119. The average molecular weight is 337 g/mol. The topological polar surface area (TPSA) is 61.4 Å². The van der Waals surface area contributed by atoms with Gasteiger partial charge in [-0.1, -0.05) is 24.3 Å². The molecule has 1 aliphatic carbocycles. The normalized spacial score (nSPS) is 13.2. The van der Waals surface area contributed by atoms with E-state index in [9.17, 15) is 9.59 Å². The smallest absolute Gasteiger partial charge is 0.258 e. The number of amides is 2. The van der Waals surface area contributed by atoms with Crippen molar-refractivity contribution in [1.29, 1.82) is 0 Å². The van der Waals surface area contributed by atoms with E-state index >= 15 is 0 Å². The number of hydrogen-bond acceptors (Lipinski definition) is 3. The van der Waals surface area contributed by atoms with E-state index in [1.165, 1.54) is 12.8 Å². The van der Waals surface area contributed by atoms with Gasteiger partial charge in [-0.15, -0.1) is 0 Å². The van der Waals surface area contributed by atoms with Crippen LogP contribution in [0.2, 0.25) is 0 Å². The minimum Gasteiger partial charge on any atom is -0.376 e. The summed E-state index contributed by atoms with van der Waals surface area (Å²) in [6.45, 7) is 0.972. The zero-order valence-corrected chi connectivity index (χ0v) is 14.4. The summed E-state index contributed by atoms with van der Waals surface area (Å²) in [5, 5.41) is 6.00. The first-order valence-corrected chi connectivity index (χ1v) is 8.57. The lowest BCUT2D eigenvalue weighted by atomic mass is 10.1. The molecule has 0 heterocycles. The maximum absolute atomic E-state index is 12.6. The fourth-order valence-corrected chi connectivity index (χ4v) is 2.55. The van der Waals surface area contributed by atoms with Crippen molar-refractivity contribution in [3.63, 3.8) is 0 Å². The minimum absolute atomic E-state index is 0.0231. The van der Waals surface area contributed by atoms with E-state index in [1.54, 1.807) is 24.1 Å². The van der Waals surface area contributed by atoms with Gasteiger partial charge in [0, 0.05) is 30.5 Å². The van der Waals surface area contributed by atoms with Gasteiger partial charge in [-0.2, -0.15) is 0 Å². The maximum Gasteiger partial charge on any atom is 0.258 e. The second-order valence-corrected chi connectivity index (χ2v) is 6.38. The number of nitrogens with one attached hydrogen (secondary N) is 2. The predicted octanol–water partition coefficient (Wildman–Crippen LogP) is 2.90. The molecule has 5 nitrogen and oxygen atoms in total. The van der Waals surface area contributed by atoms with Crippen LogP contribution in [-0.4, -0.2) is 32.0 Å². The van der Waals surface area contributed by atoms with Gasteiger partial charge in [0.05, 0.1) is 6.54 Å². The molecule has 0 atom stereocenters. The molecule has 25 heavy (non-hydrogen) atoms. The first-order valence-electron chi connectivity index (χ1n) is 8.57. The van der Waals surface area contributed by atoms with Crippen LogP contribution in [0, 0.1) is 5.92 Å². The van der Waals surface area contributed by atoms with E-state index < -0.39 is 0 Å². The Morgan fingerprint density at radius 2 is 1.84 bits per heavy atom. The van der Waals surface area contributed by atoms with Crippen molar-refractivity contribution < 1.29 is 9.59 Å². The van der Waals surface area contributed by atoms with Gasteiger partial charge in [0.25, 0.3) is 5.91 Å². The van der Waals surface area contributed by atoms with E-state index in [1.807, 2.05) is 42.5 Å². The number of anilines is 2. The summed E-state index contributed by atoms with van der Waals surface area (Å²) < 4.78 is 0. The summed E-state index contributed by atoms with van der Waals surface area (Å²) in [5.41, 5.74) is 2.17. The summed E-state index contributed by atoms with van der Waals surface area (Å²) >= 11 is 0. The molecule has 2 aromatic rings. The average Bonchev–Trinajstić information content (AvgIpc) is 3.49. The minimum atomic E-state index is -0.0898. The van der Waals surface area contributed by atoms with E-state index in [0.717, 1.165) is 17.9 Å². The number of nitrogens with zero attached hydrogens (tertiary/aromatic N) is 1. The Labute approximate surface area is 148 Å². The van der Waals surface area contributed by atoms with Crippen molar-refractivity contribution in [1.82, 2.24) is 5.32 Å². The van der Waals surface area contributed by atoms with Gasteiger partial charge in [0.15, 0.2) is 0 Å². The van der Waals surface area contributed by atoms with Crippen LogP contribution in [0.25, 0.3) is 0 Å². The monoisotopic (exact) mass is 337 g/mol. The number of carbonyl (C=O) groups is 2. The molecule has 0 unspecified atom stereocenters. The van der Waals surface area contributed by atoms with Crippen LogP contribution >= 0.6 is 0 Å². The number of benzene rings is 2.